The summed E-state index contributed by atoms with van der Waals surface area (Å²) in [5.74, 6) is -0.664. The SMILES string of the molecule is CCCOCCn1nnc(C(=O)O)c1CC(C)C. The van der Waals surface area contributed by atoms with Gasteiger partial charge in [0.1, 0.15) is 0 Å². The summed E-state index contributed by atoms with van der Waals surface area (Å²) in [6, 6.07) is 0. The number of nitrogens with zero attached hydrogens (tertiary/aromatic N) is 3. The Labute approximate surface area is 107 Å². The second-order valence-corrected chi connectivity index (χ2v) is 4.62. The van der Waals surface area contributed by atoms with Crippen molar-refractivity contribution in [1.29, 1.82) is 0 Å². The number of hydrogen-bond acceptors (Lipinski definition) is 4. The molecular formula is C12H21N3O3. The maximum Gasteiger partial charge on any atom is 0.358 e. The van der Waals surface area contributed by atoms with Gasteiger partial charge in [-0.25, -0.2) is 9.48 Å². The minimum absolute atomic E-state index is 0.0548. The first-order chi connectivity index (χ1) is 8.56. The topological polar surface area (TPSA) is 77.2 Å². The lowest BCUT2D eigenvalue weighted by atomic mass is 10.1. The van der Waals surface area contributed by atoms with Crippen LogP contribution in [0.25, 0.3) is 0 Å². The molecule has 0 spiro atoms. The quantitative estimate of drug-likeness (QED) is 0.714. The number of carboxylic acid groups (broad SMARTS) is 1. The number of rotatable bonds is 8. The summed E-state index contributed by atoms with van der Waals surface area (Å²) >= 11 is 0. The van der Waals surface area contributed by atoms with Crippen LogP contribution in [0.3, 0.4) is 0 Å². The van der Waals surface area contributed by atoms with Crippen LogP contribution >= 0.6 is 0 Å². The maximum atomic E-state index is 11.0. The van der Waals surface area contributed by atoms with Crippen molar-refractivity contribution in [3.8, 4) is 0 Å². The average molecular weight is 255 g/mol. The van der Waals surface area contributed by atoms with Crippen LogP contribution in [-0.4, -0.2) is 39.3 Å². The Bertz CT molecular complexity index is 388. The van der Waals surface area contributed by atoms with Crippen molar-refractivity contribution in [3.63, 3.8) is 0 Å². The lowest BCUT2D eigenvalue weighted by Crippen LogP contribution is -2.14. The van der Waals surface area contributed by atoms with Gasteiger partial charge >= 0.3 is 5.97 Å². The van der Waals surface area contributed by atoms with Crippen LogP contribution in [0, 0.1) is 5.92 Å². The molecule has 0 fully saturated rings. The van der Waals surface area contributed by atoms with Gasteiger partial charge in [-0.1, -0.05) is 26.0 Å². The van der Waals surface area contributed by atoms with Crippen molar-refractivity contribution in [2.75, 3.05) is 13.2 Å². The fourth-order valence-corrected chi connectivity index (χ4v) is 1.66. The van der Waals surface area contributed by atoms with E-state index < -0.39 is 5.97 Å². The molecule has 0 atom stereocenters. The molecule has 18 heavy (non-hydrogen) atoms. The third-order valence-corrected chi connectivity index (χ3v) is 2.44. The summed E-state index contributed by atoms with van der Waals surface area (Å²) < 4.78 is 7.02. The van der Waals surface area contributed by atoms with Crippen molar-refractivity contribution in [3.05, 3.63) is 11.4 Å². The van der Waals surface area contributed by atoms with Gasteiger partial charge in [-0.05, 0) is 18.8 Å². The van der Waals surface area contributed by atoms with Gasteiger partial charge in [0.05, 0.1) is 18.8 Å². The molecule has 1 aromatic rings. The Morgan fingerprint density at radius 3 is 2.72 bits per heavy atom. The monoisotopic (exact) mass is 255 g/mol. The largest absolute Gasteiger partial charge is 0.476 e. The standard InChI is InChI=1S/C12H21N3O3/c1-4-6-18-7-5-15-10(8-9(2)3)11(12(16)17)13-14-15/h9H,4-8H2,1-3H3,(H,16,17). The van der Waals surface area contributed by atoms with Crippen LogP contribution in [0.2, 0.25) is 0 Å². The summed E-state index contributed by atoms with van der Waals surface area (Å²) in [7, 11) is 0. The Hall–Kier alpha value is -1.43. The van der Waals surface area contributed by atoms with Crippen LogP contribution in [0.4, 0.5) is 0 Å². The zero-order valence-electron chi connectivity index (χ0n) is 11.2. The van der Waals surface area contributed by atoms with Crippen molar-refractivity contribution in [2.45, 2.75) is 40.2 Å². The molecule has 102 valence electrons. The van der Waals surface area contributed by atoms with Crippen molar-refractivity contribution < 1.29 is 14.6 Å². The molecule has 1 aromatic heterocycles. The molecule has 0 aliphatic heterocycles. The Morgan fingerprint density at radius 1 is 1.44 bits per heavy atom. The molecule has 6 heteroatoms. The third-order valence-electron chi connectivity index (χ3n) is 2.44. The van der Waals surface area contributed by atoms with E-state index in [4.69, 9.17) is 9.84 Å². The molecule has 0 unspecified atom stereocenters. The van der Waals surface area contributed by atoms with Gasteiger partial charge in [0.15, 0.2) is 5.69 Å². The van der Waals surface area contributed by atoms with Gasteiger partial charge in [-0.2, -0.15) is 0 Å². The van der Waals surface area contributed by atoms with Crippen molar-refractivity contribution >= 4 is 5.97 Å². The normalized spacial score (nSPS) is 11.1. The molecule has 0 radical (unpaired) electrons. The van der Waals surface area contributed by atoms with E-state index in [9.17, 15) is 4.79 Å². The first-order valence-corrected chi connectivity index (χ1v) is 6.29. The highest BCUT2D eigenvalue weighted by atomic mass is 16.5. The van der Waals surface area contributed by atoms with Crippen molar-refractivity contribution in [1.82, 2.24) is 15.0 Å². The lowest BCUT2D eigenvalue weighted by Gasteiger charge is -2.09. The zero-order valence-corrected chi connectivity index (χ0v) is 11.2. The van der Waals surface area contributed by atoms with E-state index in [0.717, 1.165) is 6.42 Å². The van der Waals surface area contributed by atoms with E-state index in [1.165, 1.54) is 0 Å². The minimum atomic E-state index is -1.02. The molecule has 0 saturated carbocycles. The van der Waals surface area contributed by atoms with Crippen molar-refractivity contribution in [2.24, 2.45) is 5.92 Å². The fourth-order valence-electron chi connectivity index (χ4n) is 1.66. The molecule has 0 aliphatic rings. The Morgan fingerprint density at radius 2 is 2.17 bits per heavy atom. The van der Waals surface area contributed by atoms with E-state index in [0.29, 0.717) is 37.8 Å². The second-order valence-electron chi connectivity index (χ2n) is 4.62. The molecule has 0 aromatic carbocycles. The van der Waals surface area contributed by atoms with E-state index in [2.05, 4.69) is 10.3 Å². The van der Waals surface area contributed by atoms with E-state index >= 15 is 0 Å². The van der Waals surface area contributed by atoms with Crippen LogP contribution in [0.15, 0.2) is 0 Å². The molecular weight excluding hydrogens is 234 g/mol. The molecule has 1 heterocycles. The summed E-state index contributed by atoms with van der Waals surface area (Å²) in [4.78, 5) is 11.0. The van der Waals surface area contributed by atoms with E-state index in [-0.39, 0.29) is 5.69 Å². The highest BCUT2D eigenvalue weighted by Crippen LogP contribution is 2.12. The number of aromatic nitrogens is 3. The van der Waals surface area contributed by atoms with E-state index in [1.54, 1.807) is 4.68 Å². The molecule has 6 nitrogen and oxygen atoms in total. The highest BCUT2D eigenvalue weighted by molar-refractivity contribution is 5.86. The average Bonchev–Trinajstić information content (AvgIpc) is 2.67. The Balaban J connectivity index is 2.73. The van der Waals surface area contributed by atoms with Gasteiger partial charge in [-0.15, -0.1) is 5.10 Å². The van der Waals surface area contributed by atoms with E-state index in [1.807, 2.05) is 20.8 Å². The van der Waals surface area contributed by atoms with Gasteiger partial charge in [0.2, 0.25) is 0 Å². The van der Waals surface area contributed by atoms with Gasteiger partial charge < -0.3 is 9.84 Å². The number of aromatic carboxylic acids is 1. The zero-order chi connectivity index (χ0) is 13.5. The summed E-state index contributed by atoms with van der Waals surface area (Å²) in [5, 5.41) is 16.7. The number of ether oxygens (including phenoxy) is 1. The van der Waals surface area contributed by atoms with Crippen LogP contribution in [0.5, 0.6) is 0 Å². The number of hydrogen-bond donors (Lipinski definition) is 1. The van der Waals surface area contributed by atoms with Gasteiger partial charge in [0.25, 0.3) is 0 Å². The maximum absolute atomic E-state index is 11.0. The third kappa shape index (κ3) is 4.10. The summed E-state index contributed by atoms with van der Waals surface area (Å²) in [5.41, 5.74) is 0.733. The van der Waals surface area contributed by atoms with Gasteiger partial charge in [-0.3, -0.25) is 0 Å². The van der Waals surface area contributed by atoms with Gasteiger partial charge in [0, 0.05) is 6.61 Å². The predicted molar refractivity (Wildman–Crippen MR) is 66.6 cm³/mol. The number of carbonyl (C=O) groups is 1. The first kappa shape index (κ1) is 14.6. The second kappa shape index (κ2) is 7.10. The smallest absolute Gasteiger partial charge is 0.358 e. The van der Waals surface area contributed by atoms with Crippen LogP contribution in [-0.2, 0) is 17.7 Å². The first-order valence-electron chi connectivity index (χ1n) is 6.29. The molecule has 0 bridgehead atoms. The Kier molecular flexibility index (Phi) is 5.77. The van der Waals surface area contributed by atoms with Crippen LogP contribution in [0.1, 0.15) is 43.4 Å². The molecule has 0 amide bonds. The molecule has 1 N–H and O–H groups in total. The molecule has 0 saturated heterocycles. The number of carboxylic acids is 1. The predicted octanol–water partition coefficient (Wildman–Crippen LogP) is 1.60. The summed E-state index contributed by atoms with van der Waals surface area (Å²) in [6.07, 6.45) is 1.62. The lowest BCUT2D eigenvalue weighted by molar-refractivity contribution is 0.0688. The minimum Gasteiger partial charge on any atom is -0.476 e. The highest BCUT2D eigenvalue weighted by Gasteiger charge is 2.19. The van der Waals surface area contributed by atoms with Crippen LogP contribution < -0.4 is 0 Å². The summed E-state index contributed by atoms with van der Waals surface area (Å²) in [6.45, 7) is 7.90. The fraction of sp³-hybridized carbons (Fsp3) is 0.750. The molecule has 1 rings (SSSR count). The molecule has 0 aliphatic carbocycles.